The van der Waals surface area contributed by atoms with E-state index in [0.29, 0.717) is 12.5 Å². The number of carbonyl (C=O) groups is 2. The van der Waals surface area contributed by atoms with Crippen molar-refractivity contribution in [2.45, 2.75) is 57.8 Å². The van der Waals surface area contributed by atoms with Crippen LogP contribution in [0.2, 0.25) is 0 Å². The van der Waals surface area contributed by atoms with Crippen molar-refractivity contribution in [1.82, 2.24) is 10.2 Å². The van der Waals surface area contributed by atoms with Gasteiger partial charge in [-0.05, 0) is 73.7 Å². The van der Waals surface area contributed by atoms with Crippen molar-refractivity contribution in [2.24, 2.45) is 5.73 Å². The van der Waals surface area contributed by atoms with E-state index < -0.39 is 6.09 Å². The Bertz CT molecular complexity index is 983. The largest absolute Gasteiger partial charge is 0.465 e. The van der Waals surface area contributed by atoms with Crippen molar-refractivity contribution in [3.05, 3.63) is 53.6 Å². The number of likely N-dealkylation sites (tertiary alicyclic amines) is 1. The van der Waals surface area contributed by atoms with Gasteiger partial charge in [0, 0.05) is 31.2 Å². The number of nitrogens with one attached hydrogen (secondary N) is 1. The van der Waals surface area contributed by atoms with E-state index in [0.717, 1.165) is 54.9 Å². The molecule has 1 fully saturated rings. The van der Waals surface area contributed by atoms with Crippen LogP contribution in [-0.2, 0) is 11.3 Å². The van der Waals surface area contributed by atoms with E-state index in [1.54, 1.807) is 11.8 Å². The molecular weight excluding hydrogens is 404 g/mol. The third kappa shape index (κ3) is 4.79. The maximum Gasteiger partial charge on any atom is 0.405 e. The average molecular weight is 437 g/mol. The monoisotopic (exact) mass is 436 g/mol. The zero-order valence-electron chi connectivity index (χ0n) is 18.8. The van der Waals surface area contributed by atoms with Crippen LogP contribution in [0.4, 0.5) is 10.5 Å². The predicted molar refractivity (Wildman–Crippen MR) is 126 cm³/mol. The maximum atomic E-state index is 12.3. The van der Waals surface area contributed by atoms with Gasteiger partial charge in [-0.2, -0.15) is 0 Å². The van der Waals surface area contributed by atoms with Crippen molar-refractivity contribution in [3.8, 4) is 11.1 Å². The molecule has 0 radical (unpaired) electrons. The van der Waals surface area contributed by atoms with Gasteiger partial charge in [0.1, 0.15) is 0 Å². The van der Waals surface area contributed by atoms with Crippen LogP contribution >= 0.6 is 0 Å². The summed E-state index contributed by atoms with van der Waals surface area (Å²) in [4.78, 5) is 27.8. The van der Waals surface area contributed by atoms with Gasteiger partial charge in [-0.25, -0.2) is 4.79 Å². The van der Waals surface area contributed by atoms with Crippen molar-refractivity contribution < 1.29 is 14.7 Å². The molecule has 2 aromatic rings. The second-order valence-electron chi connectivity index (χ2n) is 9.06. The highest BCUT2D eigenvalue weighted by atomic mass is 16.4. The van der Waals surface area contributed by atoms with Crippen LogP contribution < -0.4 is 16.0 Å². The number of fused-ring (bicyclic) bond motifs is 1. The molecule has 0 aliphatic carbocycles. The summed E-state index contributed by atoms with van der Waals surface area (Å²) in [6.07, 6.45) is 1.59. The van der Waals surface area contributed by atoms with Gasteiger partial charge in [-0.15, -0.1) is 0 Å². The molecule has 7 nitrogen and oxygen atoms in total. The normalized spacial score (nSPS) is 21.8. The highest BCUT2D eigenvalue weighted by Gasteiger charge is 2.33. The molecule has 2 heterocycles. The first-order chi connectivity index (χ1) is 15.3. The molecule has 0 saturated carbocycles. The van der Waals surface area contributed by atoms with Crippen molar-refractivity contribution >= 4 is 17.7 Å². The van der Waals surface area contributed by atoms with E-state index in [9.17, 15) is 14.7 Å². The summed E-state index contributed by atoms with van der Waals surface area (Å²) < 4.78 is 0. The van der Waals surface area contributed by atoms with Gasteiger partial charge in [0.05, 0.1) is 6.04 Å². The number of rotatable bonds is 4. The first-order valence-corrected chi connectivity index (χ1v) is 11.3. The van der Waals surface area contributed by atoms with Crippen LogP contribution in [0.25, 0.3) is 11.1 Å². The van der Waals surface area contributed by atoms with Gasteiger partial charge in [0.2, 0.25) is 5.91 Å². The van der Waals surface area contributed by atoms with Crippen LogP contribution in [0.5, 0.6) is 0 Å². The topological polar surface area (TPSA) is 98.9 Å². The fraction of sp³-hybridized carbons (Fsp3) is 0.440. The summed E-state index contributed by atoms with van der Waals surface area (Å²) in [6.45, 7) is 6.50. The molecule has 2 aliphatic heterocycles. The van der Waals surface area contributed by atoms with E-state index in [-0.39, 0.29) is 18.0 Å². The molecule has 2 amide bonds. The summed E-state index contributed by atoms with van der Waals surface area (Å²) in [6, 6.07) is 14.4. The van der Waals surface area contributed by atoms with E-state index in [1.165, 1.54) is 5.56 Å². The lowest BCUT2D eigenvalue weighted by Gasteiger charge is -2.39. The summed E-state index contributed by atoms with van der Waals surface area (Å²) in [5.74, 6) is -0.0386. The lowest BCUT2D eigenvalue weighted by Crippen LogP contribution is -2.45. The number of amides is 2. The number of benzene rings is 2. The van der Waals surface area contributed by atoms with E-state index in [1.807, 2.05) is 25.1 Å². The smallest absolute Gasteiger partial charge is 0.405 e. The number of nitrogens with zero attached hydrogens (tertiary/aromatic N) is 2. The van der Waals surface area contributed by atoms with Gasteiger partial charge in [-0.3, -0.25) is 9.69 Å². The second kappa shape index (κ2) is 9.30. The molecule has 0 bridgehead atoms. The lowest BCUT2D eigenvalue weighted by atomic mass is 9.89. The molecule has 0 aromatic heterocycles. The molecule has 2 aromatic carbocycles. The van der Waals surface area contributed by atoms with Crippen molar-refractivity contribution in [3.63, 3.8) is 0 Å². The molecule has 170 valence electrons. The Labute approximate surface area is 189 Å². The number of hydrogen-bond acceptors (Lipinski definition) is 4. The molecule has 0 spiro atoms. The second-order valence-corrected chi connectivity index (χ2v) is 9.06. The number of anilines is 1. The lowest BCUT2D eigenvalue weighted by molar-refractivity contribution is -0.117. The molecule has 2 atom stereocenters. The Kier molecular flexibility index (Phi) is 6.48. The highest BCUT2D eigenvalue weighted by Crippen LogP contribution is 2.39. The van der Waals surface area contributed by atoms with Crippen LogP contribution in [-0.4, -0.2) is 47.2 Å². The molecule has 2 unspecified atom stereocenters. The Hall–Kier alpha value is -2.90. The van der Waals surface area contributed by atoms with Crippen LogP contribution in [0, 0.1) is 0 Å². The fourth-order valence-corrected chi connectivity index (χ4v) is 4.98. The summed E-state index contributed by atoms with van der Waals surface area (Å²) in [5, 5.41) is 11.9. The minimum Gasteiger partial charge on any atom is -0.465 e. The third-order valence-electron chi connectivity index (χ3n) is 6.64. The molecule has 1 saturated heterocycles. The number of carboxylic acid groups (broad SMARTS) is 1. The van der Waals surface area contributed by atoms with E-state index in [2.05, 4.69) is 34.5 Å². The molecule has 2 aliphatic rings. The number of piperidine rings is 1. The number of carbonyl (C=O) groups excluding carboxylic acids is 1. The van der Waals surface area contributed by atoms with Crippen LogP contribution in [0.3, 0.4) is 0 Å². The van der Waals surface area contributed by atoms with E-state index >= 15 is 0 Å². The fourth-order valence-electron chi connectivity index (χ4n) is 4.98. The minimum absolute atomic E-state index is 0.0386. The van der Waals surface area contributed by atoms with Crippen molar-refractivity contribution in [2.75, 3.05) is 18.0 Å². The third-order valence-corrected chi connectivity index (χ3v) is 6.64. The highest BCUT2D eigenvalue weighted by molar-refractivity contribution is 5.94. The SMILES string of the molecule is CC(=O)N1c2ccc(-c3ccc(CN4CCC(N)CC4)cc3)cc2C(NC(=O)O)CC1C. The van der Waals surface area contributed by atoms with Gasteiger partial charge in [-0.1, -0.05) is 30.3 Å². The van der Waals surface area contributed by atoms with E-state index in [4.69, 9.17) is 5.73 Å². The van der Waals surface area contributed by atoms with Gasteiger partial charge in [0.25, 0.3) is 0 Å². The molecule has 4 N–H and O–H groups in total. The van der Waals surface area contributed by atoms with Gasteiger partial charge < -0.3 is 21.1 Å². The minimum atomic E-state index is -1.06. The average Bonchev–Trinajstić information content (AvgIpc) is 2.75. The van der Waals surface area contributed by atoms with Crippen molar-refractivity contribution in [1.29, 1.82) is 0 Å². The van der Waals surface area contributed by atoms with Crippen LogP contribution in [0.1, 0.15) is 50.3 Å². The Balaban J connectivity index is 1.58. The first kappa shape index (κ1) is 22.3. The molecular formula is C25H32N4O3. The summed E-state index contributed by atoms with van der Waals surface area (Å²) >= 11 is 0. The zero-order chi connectivity index (χ0) is 22.8. The first-order valence-electron chi connectivity index (χ1n) is 11.3. The zero-order valence-corrected chi connectivity index (χ0v) is 18.8. The molecule has 7 heteroatoms. The Morgan fingerprint density at radius 2 is 1.75 bits per heavy atom. The molecule has 4 rings (SSSR count). The Morgan fingerprint density at radius 3 is 2.38 bits per heavy atom. The predicted octanol–water partition coefficient (Wildman–Crippen LogP) is 3.73. The van der Waals surface area contributed by atoms with Gasteiger partial charge in [0.15, 0.2) is 0 Å². The Morgan fingerprint density at radius 1 is 1.09 bits per heavy atom. The van der Waals surface area contributed by atoms with Gasteiger partial charge >= 0.3 is 6.09 Å². The molecule has 32 heavy (non-hydrogen) atoms. The summed E-state index contributed by atoms with van der Waals surface area (Å²) in [5.41, 5.74) is 11.0. The van der Waals surface area contributed by atoms with Crippen LogP contribution in [0.15, 0.2) is 42.5 Å². The summed E-state index contributed by atoms with van der Waals surface area (Å²) in [7, 11) is 0. The number of hydrogen-bond donors (Lipinski definition) is 3. The standard InChI is InChI=1S/C25H32N4O3/c1-16-13-23(27-25(31)32)22-14-20(7-8-24(22)29(16)17(2)30)19-5-3-18(4-6-19)15-28-11-9-21(26)10-12-28/h3-8,14,16,21,23,27H,9-13,15,26H2,1-2H3,(H,31,32). The maximum absolute atomic E-state index is 12.3. The number of nitrogens with two attached hydrogens (primary N) is 1. The quantitative estimate of drug-likeness (QED) is 0.678.